The molecule has 2 aromatic carbocycles. The fourth-order valence-corrected chi connectivity index (χ4v) is 4.72. The van der Waals surface area contributed by atoms with Gasteiger partial charge in [-0.15, -0.1) is 0 Å². The largest absolute Gasteiger partial charge is 0.493 e. The van der Waals surface area contributed by atoms with E-state index in [4.69, 9.17) is 26.1 Å². The molecule has 0 atom stereocenters. The van der Waals surface area contributed by atoms with Gasteiger partial charge in [0.25, 0.3) is 5.91 Å². The Morgan fingerprint density at radius 1 is 1.11 bits per heavy atom. The third-order valence-corrected chi connectivity index (χ3v) is 6.82. The number of hydrogen-bond donors (Lipinski definition) is 0. The first-order valence-electron chi connectivity index (χ1n) is 10.9. The maximum Gasteiger partial charge on any atom is 0.343 e. The maximum atomic E-state index is 12.9. The van der Waals surface area contributed by atoms with E-state index in [1.807, 2.05) is 12.1 Å². The van der Waals surface area contributed by atoms with Crippen molar-refractivity contribution in [3.8, 4) is 11.5 Å². The van der Waals surface area contributed by atoms with Gasteiger partial charge in [0.1, 0.15) is 10.1 Å². The summed E-state index contributed by atoms with van der Waals surface area (Å²) in [5.74, 6) is 0.660. The molecular formula is C27H25NO5S2. The smallest absolute Gasteiger partial charge is 0.343 e. The van der Waals surface area contributed by atoms with E-state index in [1.54, 1.807) is 54.8 Å². The molecule has 6 nitrogen and oxygen atoms in total. The summed E-state index contributed by atoms with van der Waals surface area (Å²) < 4.78 is 16.8. The number of carbonyl (C=O) groups is 2. The zero-order valence-corrected chi connectivity index (χ0v) is 21.5. The van der Waals surface area contributed by atoms with Crippen LogP contribution in [0.4, 0.5) is 0 Å². The minimum atomic E-state index is -0.477. The number of amides is 1. The molecule has 1 fully saturated rings. The standard InChI is InChI=1S/C27H25NO5S2/c1-27(2,3)19-10-8-18(9-11-19)25(30)33-21-12-7-17(14-22(21)31-4)15-23-24(29)28(26(34)35-23)16-20-6-5-13-32-20/h5-15H,16H2,1-4H3. The molecule has 1 aliphatic heterocycles. The highest BCUT2D eigenvalue weighted by Gasteiger charge is 2.32. The number of hydrogen-bond acceptors (Lipinski definition) is 7. The first kappa shape index (κ1) is 24.8. The van der Waals surface area contributed by atoms with Gasteiger partial charge in [-0.3, -0.25) is 9.69 Å². The molecule has 1 amide bonds. The number of nitrogens with zero attached hydrogens (tertiary/aromatic N) is 1. The van der Waals surface area contributed by atoms with Crippen LogP contribution in [0.15, 0.2) is 70.2 Å². The summed E-state index contributed by atoms with van der Waals surface area (Å²) in [5.41, 5.74) is 2.29. The summed E-state index contributed by atoms with van der Waals surface area (Å²) in [7, 11) is 1.50. The zero-order valence-electron chi connectivity index (χ0n) is 19.9. The average Bonchev–Trinajstić information content (AvgIpc) is 3.43. The van der Waals surface area contributed by atoms with Crippen LogP contribution in [0.5, 0.6) is 11.5 Å². The summed E-state index contributed by atoms with van der Waals surface area (Å²) in [6, 6.07) is 16.1. The quantitative estimate of drug-likeness (QED) is 0.170. The molecule has 0 N–H and O–H groups in total. The lowest BCUT2D eigenvalue weighted by atomic mass is 9.87. The van der Waals surface area contributed by atoms with Crippen LogP contribution in [0.2, 0.25) is 0 Å². The highest BCUT2D eigenvalue weighted by molar-refractivity contribution is 8.26. The fraction of sp³-hybridized carbons (Fsp3) is 0.222. The molecule has 4 rings (SSSR count). The van der Waals surface area contributed by atoms with E-state index in [0.717, 1.165) is 11.1 Å². The first-order valence-corrected chi connectivity index (χ1v) is 12.2. The number of ether oxygens (including phenoxy) is 2. The van der Waals surface area contributed by atoms with E-state index < -0.39 is 5.97 Å². The van der Waals surface area contributed by atoms with Crippen LogP contribution in [0.3, 0.4) is 0 Å². The Labute approximate surface area is 213 Å². The van der Waals surface area contributed by atoms with Crippen LogP contribution in [0.1, 0.15) is 48.0 Å². The van der Waals surface area contributed by atoms with Crippen LogP contribution in [-0.2, 0) is 16.8 Å². The van der Waals surface area contributed by atoms with E-state index in [0.29, 0.717) is 32.0 Å². The molecule has 0 radical (unpaired) electrons. The lowest BCUT2D eigenvalue weighted by Crippen LogP contribution is -2.27. The van der Waals surface area contributed by atoms with Crippen molar-refractivity contribution in [2.75, 3.05) is 7.11 Å². The second kappa shape index (κ2) is 10.1. The molecule has 0 spiro atoms. The summed E-state index contributed by atoms with van der Waals surface area (Å²) in [6.45, 7) is 6.63. The molecule has 2 heterocycles. The van der Waals surface area contributed by atoms with Crippen molar-refractivity contribution < 1.29 is 23.5 Å². The van der Waals surface area contributed by atoms with Gasteiger partial charge >= 0.3 is 5.97 Å². The first-order chi connectivity index (χ1) is 16.7. The van der Waals surface area contributed by atoms with Gasteiger partial charge in [0.05, 0.1) is 30.4 Å². The lowest BCUT2D eigenvalue weighted by Gasteiger charge is -2.19. The Morgan fingerprint density at radius 2 is 1.86 bits per heavy atom. The second-order valence-electron chi connectivity index (χ2n) is 8.97. The van der Waals surface area contributed by atoms with Crippen LogP contribution >= 0.6 is 24.0 Å². The molecule has 1 aromatic heterocycles. The third kappa shape index (κ3) is 5.66. The van der Waals surface area contributed by atoms with Crippen molar-refractivity contribution in [2.24, 2.45) is 0 Å². The van der Waals surface area contributed by atoms with Gasteiger partial charge < -0.3 is 13.9 Å². The normalized spacial score (nSPS) is 15.1. The van der Waals surface area contributed by atoms with E-state index in [2.05, 4.69) is 20.8 Å². The Kier molecular flexibility index (Phi) is 7.14. The summed E-state index contributed by atoms with van der Waals surface area (Å²) in [6.07, 6.45) is 3.30. The van der Waals surface area contributed by atoms with Gasteiger partial charge in [-0.2, -0.15) is 0 Å². The lowest BCUT2D eigenvalue weighted by molar-refractivity contribution is -0.122. The van der Waals surface area contributed by atoms with E-state index in [1.165, 1.54) is 23.8 Å². The van der Waals surface area contributed by atoms with Gasteiger partial charge in [-0.05, 0) is 59.0 Å². The van der Waals surface area contributed by atoms with Crippen molar-refractivity contribution in [3.63, 3.8) is 0 Å². The monoisotopic (exact) mass is 507 g/mol. The highest BCUT2D eigenvalue weighted by atomic mass is 32.2. The van der Waals surface area contributed by atoms with Gasteiger partial charge in [-0.25, -0.2) is 4.79 Å². The Bertz CT molecular complexity index is 1290. The van der Waals surface area contributed by atoms with Gasteiger partial charge in [-0.1, -0.05) is 63.0 Å². The predicted molar refractivity (Wildman–Crippen MR) is 141 cm³/mol. The highest BCUT2D eigenvalue weighted by Crippen LogP contribution is 2.36. The minimum Gasteiger partial charge on any atom is -0.493 e. The average molecular weight is 508 g/mol. The van der Waals surface area contributed by atoms with E-state index in [9.17, 15) is 9.59 Å². The van der Waals surface area contributed by atoms with Gasteiger partial charge in [0.15, 0.2) is 11.5 Å². The molecule has 8 heteroatoms. The molecular weight excluding hydrogens is 482 g/mol. The summed E-state index contributed by atoms with van der Waals surface area (Å²) in [4.78, 5) is 27.5. The molecule has 0 saturated carbocycles. The third-order valence-electron chi connectivity index (χ3n) is 5.44. The Balaban J connectivity index is 1.49. The number of carbonyl (C=O) groups excluding carboxylic acids is 2. The number of rotatable bonds is 6. The summed E-state index contributed by atoms with van der Waals surface area (Å²) in [5, 5.41) is 0. The van der Waals surface area contributed by atoms with Crippen LogP contribution < -0.4 is 9.47 Å². The molecule has 0 unspecified atom stereocenters. The van der Waals surface area contributed by atoms with E-state index in [-0.39, 0.29) is 17.9 Å². The number of methoxy groups -OCH3 is 1. The molecule has 0 aliphatic carbocycles. The maximum absolute atomic E-state index is 12.9. The SMILES string of the molecule is COc1cc(C=C2SC(=S)N(Cc3ccco3)C2=O)ccc1OC(=O)c1ccc(C(C)(C)C)cc1. The van der Waals surface area contributed by atoms with E-state index >= 15 is 0 Å². The number of esters is 1. The fourth-order valence-electron chi connectivity index (χ4n) is 3.47. The molecule has 1 saturated heterocycles. The molecule has 35 heavy (non-hydrogen) atoms. The van der Waals surface area contributed by atoms with Crippen LogP contribution in [-0.4, -0.2) is 28.2 Å². The Hall–Kier alpha value is -3.36. The molecule has 0 bridgehead atoms. The summed E-state index contributed by atoms with van der Waals surface area (Å²) >= 11 is 6.61. The van der Waals surface area contributed by atoms with Crippen molar-refractivity contribution in [3.05, 3.63) is 88.2 Å². The number of furan rings is 1. The van der Waals surface area contributed by atoms with Gasteiger partial charge in [0, 0.05) is 0 Å². The minimum absolute atomic E-state index is 0.00543. The predicted octanol–water partition coefficient (Wildman–Crippen LogP) is 6.21. The molecule has 3 aromatic rings. The van der Waals surface area contributed by atoms with Crippen LogP contribution in [0.25, 0.3) is 6.08 Å². The molecule has 1 aliphatic rings. The van der Waals surface area contributed by atoms with Crippen molar-refractivity contribution in [1.29, 1.82) is 0 Å². The zero-order chi connectivity index (χ0) is 25.2. The van der Waals surface area contributed by atoms with Gasteiger partial charge in [0.2, 0.25) is 0 Å². The number of thiocarbonyl (C=S) groups is 1. The number of benzene rings is 2. The van der Waals surface area contributed by atoms with Crippen molar-refractivity contribution >= 4 is 46.3 Å². The van der Waals surface area contributed by atoms with Crippen molar-refractivity contribution in [2.45, 2.75) is 32.7 Å². The van der Waals surface area contributed by atoms with Crippen molar-refractivity contribution in [1.82, 2.24) is 4.90 Å². The molecule has 180 valence electrons. The second-order valence-corrected chi connectivity index (χ2v) is 10.7. The van der Waals surface area contributed by atoms with Crippen LogP contribution in [0, 0.1) is 0 Å². The Morgan fingerprint density at radius 3 is 2.49 bits per heavy atom. The number of thioether (sulfide) groups is 1. The topological polar surface area (TPSA) is 69.0 Å².